The van der Waals surface area contributed by atoms with E-state index >= 15 is 0 Å². The number of hydrogen-bond acceptors (Lipinski definition) is 1. The largest absolute Gasteiger partial charge is 0.508 e. The van der Waals surface area contributed by atoms with Gasteiger partial charge in [-0.3, -0.25) is 0 Å². The van der Waals surface area contributed by atoms with E-state index < -0.39 is 0 Å². The molecule has 2 N–H and O–H groups in total. The lowest BCUT2D eigenvalue weighted by Crippen LogP contribution is -2.15. The standard InChI is InChI=1S/C24H28FNO/c1-16-5-4-7-21(23-15-19-14-20(25)11-12-22(19)26-23)18(13-16)10-9-17-6-2-3-8-24(17)27/h2-3,6,8,11-12,14-16,18,21,26-27H,4-5,7,9-10,13H2,1H3. The molecule has 0 bridgehead atoms. The van der Waals surface area contributed by atoms with Gasteiger partial charge in [0, 0.05) is 22.5 Å². The lowest BCUT2D eigenvalue weighted by atomic mass is 9.80. The van der Waals surface area contributed by atoms with Crippen molar-refractivity contribution in [3.63, 3.8) is 0 Å². The van der Waals surface area contributed by atoms with Crippen molar-refractivity contribution in [2.45, 2.75) is 51.4 Å². The molecule has 2 aromatic carbocycles. The van der Waals surface area contributed by atoms with Crippen LogP contribution in [0.4, 0.5) is 4.39 Å². The van der Waals surface area contributed by atoms with E-state index in [1.165, 1.54) is 37.4 Å². The number of phenols is 1. The van der Waals surface area contributed by atoms with Crippen LogP contribution in [-0.2, 0) is 6.42 Å². The molecule has 27 heavy (non-hydrogen) atoms. The Morgan fingerprint density at radius 2 is 1.96 bits per heavy atom. The molecule has 0 aliphatic heterocycles. The van der Waals surface area contributed by atoms with Crippen LogP contribution < -0.4 is 0 Å². The number of hydrogen-bond donors (Lipinski definition) is 2. The van der Waals surface area contributed by atoms with Crippen LogP contribution in [0.5, 0.6) is 5.75 Å². The summed E-state index contributed by atoms with van der Waals surface area (Å²) >= 11 is 0. The third kappa shape index (κ3) is 4.02. The van der Waals surface area contributed by atoms with Crippen LogP contribution in [-0.4, -0.2) is 10.1 Å². The summed E-state index contributed by atoms with van der Waals surface area (Å²) in [7, 11) is 0. The zero-order valence-corrected chi connectivity index (χ0v) is 15.9. The number of H-pyrrole nitrogens is 1. The van der Waals surface area contributed by atoms with Crippen LogP contribution in [0.1, 0.15) is 56.2 Å². The third-order valence-corrected chi connectivity index (χ3v) is 6.27. The van der Waals surface area contributed by atoms with E-state index in [0.29, 0.717) is 17.6 Å². The van der Waals surface area contributed by atoms with Crippen LogP contribution in [0.25, 0.3) is 10.9 Å². The normalized spacial score (nSPS) is 23.4. The highest BCUT2D eigenvalue weighted by Crippen LogP contribution is 2.41. The number of benzene rings is 2. The molecule has 1 aliphatic carbocycles. The second-order valence-corrected chi connectivity index (χ2v) is 8.26. The van der Waals surface area contributed by atoms with Crippen molar-refractivity contribution in [1.82, 2.24) is 4.98 Å². The lowest BCUT2D eigenvalue weighted by molar-refractivity contribution is 0.334. The first-order valence-electron chi connectivity index (χ1n) is 10.1. The first kappa shape index (κ1) is 18.1. The Labute approximate surface area is 160 Å². The van der Waals surface area contributed by atoms with Gasteiger partial charge in [-0.25, -0.2) is 4.39 Å². The minimum absolute atomic E-state index is 0.182. The van der Waals surface area contributed by atoms with Gasteiger partial charge in [0.1, 0.15) is 11.6 Å². The van der Waals surface area contributed by atoms with E-state index in [1.807, 2.05) is 24.3 Å². The molecule has 3 unspecified atom stereocenters. The van der Waals surface area contributed by atoms with Gasteiger partial charge in [0.15, 0.2) is 0 Å². The predicted molar refractivity (Wildman–Crippen MR) is 109 cm³/mol. The lowest BCUT2D eigenvalue weighted by Gasteiger charge is -2.26. The SMILES string of the molecule is CC1CCCC(c2cc3cc(F)ccc3[nH]2)C(CCc2ccccc2O)C1. The average molecular weight is 365 g/mol. The Morgan fingerprint density at radius 3 is 2.81 bits per heavy atom. The molecule has 0 radical (unpaired) electrons. The topological polar surface area (TPSA) is 36.0 Å². The molecule has 4 rings (SSSR count). The van der Waals surface area contributed by atoms with Crippen LogP contribution in [0.3, 0.4) is 0 Å². The summed E-state index contributed by atoms with van der Waals surface area (Å²) in [5.74, 6) is 1.98. The Hall–Kier alpha value is -2.29. The number of aromatic amines is 1. The van der Waals surface area contributed by atoms with Gasteiger partial charge in [-0.05, 0) is 73.4 Å². The summed E-state index contributed by atoms with van der Waals surface area (Å²) in [6.07, 6.45) is 6.86. The average Bonchev–Trinajstić information content (AvgIpc) is 2.96. The van der Waals surface area contributed by atoms with Gasteiger partial charge in [0.05, 0.1) is 0 Å². The van der Waals surface area contributed by atoms with E-state index in [9.17, 15) is 9.50 Å². The van der Waals surface area contributed by atoms with Crippen LogP contribution in [0, 0.1) is 17.7 Å². The zero-order valence-electron chi connectivity index (χ0n) is 15.9. The molecule has 1 saturated carbocycles. The van der Waals surface area contributed by atoms with Crippen LogP contribution >= 0.6 is 0 Å². The molecule has 1 aromatic heterocycles. The maximum Gasteiger partial charge on any atom is 0.123 e. The number of phenolic OH excluding ortho intramolecular Hbond substituents is 1. The molecule has 0 amide bonds. The minimum Gasteiger partial charge on any atom is -0.508 e. The van der Waals surface area contributed by atoms with E-state index in [0.717, 1.165) is 35.2 Å². The number of rotatable bonds is 4. The molecule has 1 heterocycles. The molecule has 1 fully saturated rings. The second kappa shape index (κ2) is 7.75. The summed E-state index contributed by atoms with van der Waals surface area (Å²) < 4.78 is 13.6. The van der Waals surface area contributed by atoms with Gasteiger partial charge >= 0.3 is 0 Å². The Morgan fingerprint density at radius 1 is 1.11 bits per heavy atom. The molecule has 142 valence electrons. The van der Waals surface area contributed by atoms with Crippen molar-refractivity contribution >= 4 is 10.9 Å². The number of para-hydroxylation sites is 1. The van der Waals surface area contributed by atoms with E-state index in [1.54, 1.807) is 12.1 Å². The van der Waals surface area contributed by atoms with Gasteiger partial charge in [0.2, 0.25) is 0 Å². The first-order valence-corrected chi connectivity index (χ1v) is 10.1. The quantitative estimate of drug-likeness (QED) is 0.505. The minimum atomic E-state index is -0.182. The zero-order chi connectivity index (χ0) is 18.8. The number of fused-ring (bicyclic) bond motifs is 1. The second-order valence-electron chi connectivity index (χ2n) is 8.26. The molecule has 3 atom stereocenters. The summed E-state index contributed by atoms with van der Waals surface area (Å²) in [4.78, 5) is 3.56. The maximum absolute atomic E-state index is 13.6. The summed E-state index contributed by atoms with van der Waals surface area (Å²) in [6.45, 7) is 2.36. The number of aromatic hydroxyl groups is 1. The predicted octanol–water partition coefficient (Wildman–Crippen LogP) is 6.56. The van der Waals surface area contributed by atoms with Gasteiger partial charge in [-0.1, -0.05) is 38.0 Å². The highest BCUT2D eigenvalue weighted by atomic mass is 19.1. The molecule has 0 spiro atoms. The highest BCUT2D eigenvalue weighted by Gasteiger charge is 2.29. The van der Waals surface area contributed by atoms with E-state index in [4.69, 9.17) is 0 Å². The van der Waals surface area contributed by atoms with E-state index in [2.05, 4.69) is 18.0 Å². The van der Waals surface area contributed by atoms with Gasteiger partial charge in [-0.15, -0.1) is 0 Å². The Bertz CT molecular complexity index is 916. The molecular weight excluding hydrogens is 337 g/mol. The number of aryl methyl sites for hydroxylation is 1. The smallest absolute Gasteiger partial charge is 0.123 e. The van der Waals surface area contributed by atoms with Crippen molar-refractivity contribution < 1.29 is 9.50 Å². The van der Waals surface area contributed by atoms with Crippen molar-refractivity contribution in [1.29, 1.82) is 0 Å². The van der Waals surface area contributed by atoms with Gasteiger partial charge in [-0.2, -0.15) is 0 Å². The highest BCUT2D eigenvalue weighted by molar-refractivity contribution is 5.80. The van der Waals surface area contributed by atoms with Crippen molar-refractivity contribution in [2.24, 2.45) is 11.8 Å². The Kier molecular flexibility index (Phi) is 5.20. The van der Waals surface area contributed by atoms with Crippen molar-refractivity contribution in [2.75, 3.05) is 0 Å². The fourth-order valence-electron chi connectivity index (χ4n) is 4.84. The summed E-state index contributed by atoms with van der Waals surface area (Å²) in [5, 5.41) is 11.1. The molecule has 1 aliphatic rings. The van der Waals surface area contributed by atoms with Crippen molar-refractivity contribution in [3.8, 4) is 5.75 Å². The summed E-state index contributed by atoms with van der Waals surface area (Å²) in [6, 6.07) is 14.8. The molecule has 0 saturated heterocycles. The molecule has 3 heteroatoms. The number of nitrogens with one attached hydrogen (secondary N) is 1. The fourth-order valence-corrected chi connectivity index (χ4v) is 4.84. The first-order chi connectivity index (χ1) is 13.1. The fraction of sp³-hybridized carbons (Fsp3) is 0.417. The Balaban J connectivity index is 1.59. The van der Waals surface area contributed by atoms with Gasteiger partial charge < -0.3 is 10.1 Å². The van der Waals surface area contributed by atoms with Crippen LogP contribution in [0.2, 0.25) is 0 Å². The molecular formula is C24H28FNO. The maximum atomic E-state index is 13.6. The van der Waals surface area contributed by atoms with Crippen molar-refractivity contribution in [3.05, 3.63) is 65.6 Å². The monoisotopic (exact) mass is 365 g/mol. The van der Waals surface area contributed by atoms with E-state index in [-0.39, 0.29) is 5.82 Å². The molecule has 2 nitrogen and oxygen atoms in total. The van der Waals surface area contributed by atoms with Gasteiger partial charge in [0.25, 0.3) is 0 Å². The van der Waals surface area contributed by atoms with Crippen LogP contribution in [0.15, 0.2) is 48.5 Å². The number of aromatic nitrogens is 1. The number of halogens is 1. The summed E-state index contributed by atoms with van der Waals surface area (Å²) in [5.41, 5.74) is 3.29. The molecule has 3 aromatic rings. The third-order valence-electron chi connectivity index (χ3n) is 6.27.